The summed E-state index contributed by atoms with van der Waals surface area (Å²) in [4.78, 5) is 22.6. The Kier molecular flexibility index (Phi) is 4.53. The van der Waals surface area contributed by atoms with E-state index in [9.17, 15) is 9.59 Å². The van der Waals surface area contributed by atoms with E-state index in [1.165, 1.54) is 12.1 Å². The number of rotatable bonds is 4. The number of aromatic carboxylic acids is 1. The van der Waals surface area contributed by atoms with Gasteiger partial charge in [0.05, 0.1) is 5.56 Å². The zero-order valence-electron chi connectivity index (χ0n) is 11.7. The van der Waals surface area contributed by atoms with E-state index in [0.29, 0.717) is 5.69 Å². The molecule has 1 atom stereocenters. The van der Waals surface area contributed by atoms with E-state index in [2.05, 4.69) is 10.6 Å². The Morgan fingerprint density at radius 2 is 1.68 bits per heavy atom. The summed E-state index contributed by atoms with van der Waals surface area (Å²) in [6, 6.07) is 5.89. The smallest absolute Gasteiger partial charge is 0.335 e. The number of carbonyl (C=O) groups excluding carboxylic acids is 1. The van der Waals surface area contributed by atoms with Gasteiger partial charge in [0.25, 0.3) is 0 Å². The standard InChI is InChI=1S/C14H20N2O3/c1-9(12(17)16-14(2,3)4)15-11-7-5-10(6-8-11)13(18)19/h5-9,15H,1-4H3,(H,16,17)(H,18,19). The fourth-order valence-electron chi connectivity index (χ4n) is 1.50. The molecule has 104 valence electrons. The summed E-state index contributed by atoms with van der Waals surface area (Å²) in [7, 11) is 0. The van der Waals surface area contributed by atoms with E-state index in [4.69, 9.17) is 5.11 Å². The Labute approximate surface area is 113 Å². The minimum atomic E-state index is -0.968. The predicted octanol–water partition coefficient (Wildman–Crippen LogP) is 2.10. The topological polar surface area (TPSA) is 78.4 Å². The summed E-state index contributed by atoms with van der Waals surface area (Å²) in [6.07, 6.45) is 0. The third-order valence-corrected chi connectivity index (χ3v) is 2.41. The molecule has 1 amide bonds. The largest absolute Gasteiger partial charge is 0.478 e. The molecule has 0 aliphatic carbocycles. The van der Waals surface area contributed by atoms with Crippen molar-refractivity contribution in [3.63, 3.8) is 0 Å². The number of carboxylic acid groups (broad SMARTS) is 1. The minimum absolute atomic E-state index is 0.102. The zero-order chi connectivity index (χ0) is 14.6. The van der Waals surface area contributed by atoms with Gasteiger partial charge >= 0.3 is 5.97 Å². The lowest BCUT2D eigenvalue weighted by molar-refractivity contribution is -0.122. The van der Waals surface area contributed by atoms with Gasteiger partial charge in [-0.1, -0.05) is 0 Å². The number of hydrogen-bond acceptors (Lipinski definition) is 3. The van der Waals surface area contributed by atoms with E-state index in [1.807, 2.05) is 20.8 Å². The monoisotopic (exact) mass is 264 g/mol. The molecular formula is C14H20N2O3. The fraction of sp³-hybridized carbons (Fsp3) is 0.429. The molecule has 1 aromatic rings. The third kappa shape index (κ3) is 4.99. The second-order valence-corrected chi connectivity index (χ2v) is 5.49. The molecule has 1 rings (SSSR count). The highest BCUT2D eigenvalue weighted by Crippen LogP contribution is 2.11. The summed E-state index contributed by atoms with van der Waals surface area (Å²) in [5, 5.41) is 14.7. The van der Waals surface area contributed by atoms with Crippen LogP contribution < -0.4 is 10.6 Å². The first kappa shape index (κ1) is 15.0. The molecule has 0 saturated carbocycles. The molecule has 0 aromatic heterocycles. The van der Waals surface area contributed by atoms with Gasteiger partial charge in [0, 0.05) is 11.2 Å². The van der Waals surface area contributed by atoms with Crippen molar-refractivity contribution in [2.75, 3.05) is 5.32 Å². The van der Waals surface area contributed by atoms with Crippen molar-refractivity contribution >= 4 is 17.6 Å². The normalized spacial score (nSPS) is 12.6. The molecule has 1 aromatic carbocycles. The van der Waals surface area contributed by atoms with Crippen LogP contribution in [-0.4, -0.2) is 28.6 Å². The van der Waals surface area contributed by atoms with Gasteiger partial charge < -0.3 is 15.7 Å². The lowest BCUT2D eigenvalue weighted by atomic mass is 10.1. The van der Waals surface area contributed by atoms with Gasteiger partial charge in [0.2, 0.25) is 5.91 Å². The Morgan fingerprint density at radius 3 is 2.11 bits per heavy atom. The third-order valence-electron chi connectivity index (χ3n) is 2.41. The van der Waals surface area contributed by atoms with Crippen LogP contribution in [0.25, 0.3) is 0 Å². The minimum Gasteiger partial charge on any atom is -0.478 e. The van der Waals surface area contributed by atoms with Crippen LogP contribution >= 0.6 is 0 Å². The summed E-state index contributed by atoms with van der Waals surface area (Å²) in [5.41, 5.74) is 0.652. The second-order valence-electron chi connectivity index (χ2n) is 5.49. The van der Waals surface area contributed by atoms with Crippen molar-refractivity contribution in [3.05, 3.63) is 29.8 Å². The molecule has 0 aliphatic rings. The van der Waals surface area contributed by atoms with Gasteiger partial charge in [0.15, 0.2) is 0 Å². The maximum atomic E-state index is 11.9. The highest BCUT2D eigenvalue weighted by atomic mass is 16.4. The summed E-state index contributed by atoms with van der Waals surface area (Å²) in [6.45, 7) is 7.50. The molecule has 0 bridgehead atoms. The van der Waals surface area contributed by atoms with E-state index in [0.717, 1.165) is 0 Å². The van der Waals surface area contributed by atoms with Crippen LogP contribution in [0.4, 0.5) is 5.69 Å². The number of anilines is 1. The van der Waals surface area contributed by atoms with Crippen molar-refractivity contribution < 1.29 is 14.7 Å². The van der Waals surface area contributed by atoms with Crippen LogP contribution in [0.1, 0.15) is 38.1 Å². The maximum Gasteiger partial charge on any atom is 0.335 e. The number of benzene rings is 1. The van der Waals surface area contributed by atoms with E-state index in [1.54, 1.807) is 19.1 Å². The quantitative estimate of drug-likeness (QED) is 0.778. The molecule has 1 unspecified atom stereocenters. The summed E-state index contributed by atoms with van der Waals surface area (Å²) in [5.74, 6) is -1.07. The highest BCUT2D eigenvalue weighted by Gasteiger charge is 2.18. The van der Waals surface area contributed by atoms with Crippen molar-refractivity contribution in [3.8, 4) is 0 Å². The molecule has 0 heterocycles. The number of carboxylic acids is 1. The average Bonchev–Trinajstić information content (AvgIpc) is 2.27. The van der Waals surface area contributed by atoms with Crippen LogP contribution in [0.2, 0.25) is 0 Å². The van der Waals surface area contributed by atoms with E-state index >= 15 is 0 Å². The van der Waals surface area contributed by atoms with Gasteiger partial charge in [-0.05, 0) is 52.0 Å². The number of carbonyl (C=O) groups is 2. The van der Waals surface area contributed by atoms with Crippen molar-refractivity contribution in [1.29, 1.82) is 0 Å². The van der Waals surface area contributed by atoms with Crippen LogP contribution in [0.3, 0.4) is 0 Å². The highest BCUT2D eigenvalue weighted by molar-refractivity contribution is 5.88. The molecule has 0 aliphatic heterocycles. The Balaban J connectivity index is 2.64. The van der Waals surface area contributed by atoms with Gasteiger partial charge in [-0.2, -0.15) is 0 Å². The second kappa shape index (κ2) is 5.73. The first-order valence-electron chi connectivity index (χ1n) is 6.11. The van der Waals surface area contributed by atoms with Gasteiger partial charge in [-0.25, -0.2) is 4.79 Å². The molecule has 3 N–H and O–H groups in total. The lowest BCUT2D eigenvalue weighted by Gasteiger charge is -2.24. The Morgan fingerprint density at radius 1 is 1.16 bits per heavy atom. The van der Waals surface area contributed by atoms with Gasteiger partial charge in [-0.3, -0.25) is 4.79 Å². The maximum absolute atomic E-state index is 11.9. The van der Waals surface area contributed by atoms with Crippen LogP contribution in [0.5, 0.6) is 0 Å². The van der Waals surface area contributed by atoms with Crippen molar-refractivity contribution in [2.45, 2.75) is 39.3 Å². The van der Waals surface area contributed by atoms with Crippen LogP contribution in [0, 0.1) is 0 Å². The number of hydrogen-bond donors (Lipinski definition) is 3. The van der Waals surface area contributed by atoms with E-state index < -0.39 is 12.0 Å². The SMILES string of the molecule is CC(Nc1ccc(C(=O)O)cc1)C(=O)NC(C)(C)C. The number of nitrogens with one attached hydrogen (secondary N) is 2. The molecule has 0 saturated heterocycles. The fourth-order valence-corrected chi connectivity index (χ4v) is 1.50. The van der Waals surface area contributed by atoms with Crippen molar-refractivity contribution in [1.82, 2.24) is 5.32 Å². The molecule has 0 fully saturated rings. The van der Waals surface area contributed by atoms with Gasteiger partial charge in [-0.15, -0.1) is 0 Å². The van der Waals surface area contributed by atoms with Crippen molar-refractivity contribution in [2.24, 2.45) is 0 Å². The Hall–Kier alpha value is -2.04. The molecule has 19 heavy (non-hydrogen) atoms. The summed E-state index contributed by atoms with van der Waals surface area (Å²) < 4.78 is 0. The molecule has 0 spiro atoms. The summed E-state index contributed by atoms with van der Waals surface area (Å²) >= 11 is 0. The molecule has 5 heteroatoms. The molecular weight excluding hydrogens is 244 g/mol. The Bertz CT molecular complexity index is 461. The molecule has 0 radical (unpaired) electrons. The molecule has 5 nitrogen and oxygen atoms in total. The van der Waals surface area contributed by atoms with Crippen LogP contribution in [-0.2, 0) is 4.79 Å². The number of amides is 1. The lowest BCUT2D eigenvalue weighted by Crippen LogP contribution is -2.47. The van der Waals surface area contributed by atoms with Crippen LogP contribution in [0.15, 0.2) is 24.3 Å². The first-order valence-corrected chi connectivity index (χ1v) is 6.11. The predicted molar refractivity (Wildman–Crippen MR) is 74.4 cm³/mol. The zero-order valence-corrected chi connectivity index (χ0v) is 11.7. The average molecular weight is 264 g/mol. The first-order chi connectivity index (χ1) is 8.69. The van der Waals surface area contributed by atoms with Gasteiger partial charge in [0.1, 0.15) is 6.04 Å². The van der Waals surface area contributed by atoms with E-state index in [-0.39, 0.29) is 17.0 Å².